The van der Waals surface area contributed by atoms with E-state index in [1.165, 1.54) is 13.8 Å². The van der Waals surface area contributed by atoms with Gasteiger partial charge in [0.25, 0.3) is 0 Å². The van der Waals surface area contributed by atoms with Crippen LogP contribution in [0.1, 0.15) is 132 Å². The fourth-order valence-electron chi connectivity index (χ4n) is 8.90. The molecule has 0 aromatic carbocycles. The Morgan fingerprint density at radius 1 is 0.675 bits per heavy atom. The van der Waals surface area contributed by atoms with E-state index >= 15 is 0 Å². The smallest absolute Gasteiger partial charge is 0.247 e. The number of carbonyl (C=O) groups is 11. The van der Waals surface area contributed by atoms with Crippen LogP contribution < -0.4 is 87.2 Å². The van der Waals surface area contributed by atoms with Crippen LogP contribution in [0.25, 0.3) is 0 Å². The fourth-order valence-corrected chi connectivity index (χ4v) is 8.90. The minimum absolute atomic E-state index is 0.0165. The van der Waals surface area contributed by atoms with Crippen molar-refractivity contribution in [3.8, 4) is 0 Å². The maximum atomic E-state index is 14.6. The van der Waals surface area contributed by atoms with E-state index in [4.69, 9.17) is 28.7 Å². The van der Waals surface area contributed by atoms with Crippen molar-refractivity contribution in [3.05, 3.63) is 12.3 Å². The predicted octanol–water partition coefficient (Wildman–Crippen LogP) is -5.28. The molecular weight excluding hydrogens is 1080 g/mol. The van der Waals surface area contributed by atoms with Gasteiger partial charge in [-0.2, -0.15) is 0 Å². The third kappa shape index (κ3) is 27.3. The van der Waals surface area contributed by atoms with Crippen LogP contribution in [0.2, 0.25) is 0 Å². The zero-order chi connectivity index (χ0) is 63.0. The third-order valence-corrected chi connectivity index (χ3v) is 13.9. The van der Waals surface area contributed by atoms with Gasteiger partial charge in [-0.25, -0.2) is 0 Å². The zero-order valence-corrected chi connectivity index (χ0v) is 49.8. The Bertz CT molecular complexity index is 2130. The Morgan fingerprint density at radius 2 is 1.27 bits per heavy atom. The Labute approximate surface area is 487 Å². The van der Waals surface area contributed by atoms with Gasteiger partial charge in [-0.15, -0.1) is 0 Å². The first-order valence-electron chi connectivity index (χ1n) is 28.9. The molecule has 1 rings (SSSR count). The van der Waals surface area contributed by atoms with Crippen LogP contribution in [0, 0.1) is 17.8 Å². The van der Waals surface area contributed by atoms with Crippen LogP contribution in [0.15, 0.2) is 12.3 Å². The first-order chi connectivity index (χ1) is 39.2. The summed E-state index contributed by atoms with van der Waals surface area (Å²) in [6.45, 7) is 12.4. The van der Waals surface area contributed by atoms with E-state index in [0.29, 0.717) is 18.6 Å². The van der Waals surface area contributed by atoms with E-state index in [-0.39, 0.29) is 83.0 Å². The van der Waals surface area contributed by atoms with Crippen molar-refractivity contribution in [2.75, 3.05) is 39.3 Å². The number of hydrogen-bond donors (Lipinski definition) is 18. The molecule has 0 bridgehead atoms. The average molecular weight is 1180 g/mol. The molecule has 10 amide bonds. The van der Waals surface area contributed by atoms with Crippen LogP contribution >= 0.6 is 0 Å². The highest BCUT2D eigenvalue weighted by atomic mass is 16.3. The molecule has 1 saturated heterocycles. The molecule has 1 aliphatic rings. The molecule has 0 saturated carbocycles. The Hall–Kier alpha value is -6.37. The molecule has 23 N–H and O–H groups in total. The number of hydrogen-bond acceptors (Lipinski definition) is 19. The maximum absolute atomic E-state index is 14.6. The van der Waals surface area contributed by atoms with Gasteiger partial charge in [0.2, 0.25) is 59.1 Å². The number of aldehydes is 1. The molecular formula is C54H100N16O13. The lowest BCUT2D eigenvalue weighted by Crippen LogP contribution is -2.64. The number of aliphatic hydroxyl groups is 2. The highest BCUT2D eigenvalue weighted by Gasteiger charge is 2.39. The van der Waals surface area contributed by atoms with Crippen molar-refractivity contribution < 1.29 is 63.0 Å². The summed E-state index contributed by atoms with van der Waals surface area (Å²) in [5, 5.41) is 50.0. The summed E-state index contributed by atoms with van der Waals surface area (Å²) in [5.74, 6) is -8.60. The number of nitrogens with two attached hydrogens (primary N) is 5. The van der Waals surface area contributed by atoms with Crippen LogP contribution in [0.4, 0.5) is 0 Å². The standard InChI is InChI=1S/C54H100N16O13/c1-9-32(6)12-10-11-13-42(74)62-35(14-20-55)47(77)69-44(34(8)73)53(83)66-37(16-22-57)46(76)65-39-18-25-60-52(82)43(33(7)72)68-48(78)38(17-23-58)63-45(75)36(15-21-56)64-50(80)41(27-31(4)5)67-49(79)40(26-30(2)3)61-28-54(29-71,19-24-59)70-51(39)81/h17,23,29-41,43-44,61,72-73H,9-16,18-22,24-28,55-59H2,1-8H3,(H,60,82)(H,62,74)(H,63,75)(H,64,80)(H,65,76)(H,66,83)(H,67,79)(H,68,78)(H,69,77)(H,70,81)/b23-17+/t32-,33?,34?,35-,36-,37-,38-,39-,40+,41-,43-,44-,54-/m0/s1. The third-order valence-electron chi connectivity index (χ3n) is 13.9. The largest absolute Gasteiger partial charge is 0.405 e. The first kappa shape index (κ1) is 74.6. The number of amides is 10. The van der Waals surface area contributed by atoms with Crippen LogP contribution in [-0.2, 0) is 52.7 Å². The second-order valence-electron chi connectivity index (χ2n) is 22.3. The zero-order valence-electron chi connectivity index (χ0n) is 49.8. The summed E-state index contributed by atoms with van der Waals surface area (Å²) in [7, 11) is 0. The minimum atomic E-state index is -1.89. The van der Waals surface area contributed by atoms with Crippen molar-refractivity contribution in [2.45, 2.75) is 205 Å². The van der Waals surface area contributed by atoms with E-state index in [0.717, 1.165) is 31.5 Å². The second-order valence-corrected chi connectivity index (χ2v) is 22.3. The number of carbonyl (C=O) groups excluding carboxylic acids is 11. The molecule has 0 radical (unpaired) electrons. The molecule has 474 valence electrons. The van der Waals surface area contributed by atoms with Gasteiger partial charge < -0.3 is 102 Å². The molecule has 0 spiro atoms. The van der Waals surface area contributed by atoms with E-state index in [1.807, 2.05) is 13.8 Å². The fraction of sp³-hybridized carbons (Fsp3) is 0.759. The summed E-state index contributed by atoms with van der Waals surface area (Å²) in [4.78, 5) is 152. The second kappa shape index (κ2) is 39.2. The molecule has 29 nitrogen and oxygen atoms in total. The SMILES string of the molecule is CC[C@H](C)CCCCC(=O)N[C@@H](CCN)C(=O)N[C@H](C(=O)N[C@@H](CCN)C(=O)N[C@H]1CCNC(=O)[C@H](C(C)O)NC(=O)[C@H](/C=C/N)NC(=O)[C@H](CCN)NC(=O)[C@H](CC(C)C)NC(=O)[C@@H](CC(C)C)NC[C@](C=O)(CCN)NC1=O)C(C)O. The van der Waals surface area contributed by atoms with Crippen molar-refractivity contribution in [2.24, 2.45) is 46.4 Å². The van der Waals surface area contributed by atoms with Gasteiger partial charge in [-0.1, -0.05) is 60.8 Å². The molecule has 2 unspecified atom stereocenters. The van der Waals surface area contributed by atoms with E-state index < -0.39 is 151 Å². The van der Waals surface area contributed by atoms with Crippen molar-refractivity contribution >= 4 is 65.4 Å². The molecule has 1 heterocycles. The van der Waals surface area contributed by atoms with Gasteiger partial charge in [0.05, 0.1) is 18.2 Å². The highest BCUT2D eigenvalue weighted by molar-refractivity contribution is 5.98. The topological polar surface area (TPSA) is 491 Å². The van der Waals surface area contributed by atoms with Gasteiger partial charge in [0.15, 0.2) is 0 Å². The summed E-state index contributed by atoms with van der Waals surface area (Å²) in [6, 6.07) is -13.1. The molecule has 83 heavy (non-hydrogen) atoms. The van der Waals surface area contributed by atoms with E-state index in [1.54, 1.807) is 13.8 Å². The average Bonchev–Trinajstić information content (AvgIpc) is 3.41. The van der Waals surface area contributed by atoms with Crippen LogP contribution in [0.3, 0.4) is 0 Å². The summed E-state index contributed by atoms with van der Waals surface area (Å²) in [6.07, 6.45) is 1.84. The van der Waals surface area contributed by atoms with Gasteiger partial charge in [-0.3, -0.25) is 47.9 Å². The van der Waals surface area contributed by atoms with Crippen molar-refractivity contribution in [3.63, 3.8) is 0 Å². The predicted molar refractivity (Wildman–Crippen MR) is 310 cm³/mol. The number of aliphatic hydroxyl groups excluding tert-OH is 2. The highest BCUT2D eigenvalue weighted by Crippen LogP contribution is 2.15. The van der Waals surface area contributed by atoms with E-state index in [9.17, 15) is 63.0 Å². The summed E-state index contributed by atoms with van der Waals surface area (Å²) < 4.78 is 0. The summed E-state index contributed by atoms with van der Waals surface area (Å²) in [5.41, 5.74) is 27.3. The molecule has 1 aliphatic heterocycles. The van der Waals surface area contributed by atoms with Crippen LogP contribution in [0.5, 0.6) is 0 Å². The number of nitrogens with one attached hydrogen (secondary N) is 11. The normalized spacial score (nSPS) is 24.3. The Kier molecular flexibility index (Phi) is 35.3. The maximum Gasteiger partial charge on any atom is 0.247 e. The number of rotatable bonds is 29. The van der Waals surface area contributed by atoms with Crippen molar-refractivity contribution in [1.29, 1.82) is 0 Å². The molecule has 0 aromatic rings. The van der Waals surface area contributed by atoms with Crippen molar-refractivity contribution in [1.82, 2.24) is 58.5 Å². The minimum Gasteiger partial charge on any atom is -0.405 e. The lowest BCUT2D eigenvalue weighted by Gasteiger charge is -2.34. The van der Waals surface area contributed by atoms with Gasteiger partial charge in [0.1, 0.15) is 60.2 Å². The molecule has 0 aliphatic carbocycles. The quantitative estimate of drug-likeness (QED) is 0.0246. The molecule has 13 atom stereocenters. The van der Waals surface area contributed by atoms with E-state index in [2.05, 4.69) is 72.3 Å². The van der Waals surface area contributed by atoms with Gasteiger partial charge in [0, 0.05) is 19.5 Å². The van der Waals surface area contributed by atoms with Gasteiger partial charge >= 0.3 is 0 Å². The Balaban J connectivity index is 3.88. The van der Waals surface area contributed by atoms with Crippen LogP contribution in [-0.4, -0.2) is 187 Å². The first-order valence-corrected chi connectivity index (χ1v) is 28.9. The lowest BCUT2D eigenvalue weighted by atomic mass is 9.94. The molecule has 0 aromatic heterocycles. The Morgan fingerprint density at radius 3 is 1.81 bits per heavy atom. The van der Waals surface area contributed by atoms with Gasteiger partial charge in [-0.05, 0) is 121 Å². The monoisotopic (exact) mass is 1180 g/mol. The summed E-state index contributed by atoms with van der Waals surface area (Å²) >= 11 is 0. The lowest BCUT2D eigenvalue weighted by molar-refractivity contribution is -0.136. The molecule has 1 fully saturated rings. The molecule has 29 heteroatoms. The number of unbranched alkanes of at least 4 members (excludes halogenated alkanes) is 1.